The maximum atomic E-state index is 11.5. The molecule has 1 aliphatic rings. The molecule has 2 unspecified atom stereocenters. The third-order valence-corrected chi connectivity index (χ3v) is 3.31. The van der Waals surface area contributed by atoms with E-state index in [0.717, 1.165) is 24.9 Å². The number of benzene rings is 1. The molecule has 2 atom stereocenters. The minimum Gasteiger partial charge on any atom is -0.389 e. The first-order valence-electron chi connectivity index (χ1n) is 7.06. The minimum atomic E-state index is -0.603. The SMILES string of the molecule is O=C1NCCCC1NCC(O)COCc1ccccc1. The molecular formula is C15H22N2O3. The van der Waals surface area contributed by atoms with Gasteiger partial charge >= 0.3 is 0 Å². The molecule has 1 heterocycles. The summed E-state index contributed by atoms with van der Waals surface area (Å²) in [7, 11) is 0. The van der Waals surface area contributed by atoms with Crippen LogP contribution in [0, 0.1) is 0 Å². The zero-order valence-electron chi connectivity index (χ0n) is 11.5. The first kappa shape index (κ1) is 15.0. The molecule has 5 heteroatoms. The van der Waals surface area contributed by atoms with Crippen molar-refractivity contribution >= 4 is 5.91 Å². The Morgan fingerprint density at radius 3 is 2.95 bits per heavy atom. The van der Waals surface area contributed by atoms with Crippen molar-refractivity contribution in [3.05, 3.63) is 35.9 Å². The molecule has 110 valence electrons. The number of aliphatic hydroxyl groups is 1. The first-order chi connectivity index (χ1) is 9.75. The van der Waals surface area contributed by atoms with Crippen LogP contribution in [0.3, 0.4) is 0 Å². The van der Waals surface area contributed by atoms with E-state index in [4.69, 9.17) is 4.74 Å². The molecule has 0 aliphatic carbocycles. The van der Waals surface area contributed by atoms with Crippen LogP contribution < -0.4 is 10.6 Å². The summed E-state index contributed by atoms with van der Waals surface area (Å²) in [5, 5.41) is 15.7. The highest BCUT2D eigenvalue weighted by molar-refractivity contribution is 5.82. The third-order valence-electron chi connectivity index (χ3n) is 3.31. The molecule has 0 saturated carbocycles. The van der Waals surface area contributed by atoms with Gasteiger partial charge in [-0.15, -0.1) is 0 Å². The average Bonchev–Trinajstić information content (AvgIpc) is 2.47. The number of hydrogen-bond acceptors (Lipinski definition) is 4. The lowest BCUT2D eigenvalue weighted by Crippen LogP contribution is -2.50. The van der Waals surface area contributed by atoms with E-state index >= 15 is 0 Å². The van der Waals surface area contributed by atoms with Gasteiger partial charge in [-0.1, -0.05) is 30.3 Å². The zero-order chi connectivity index (χ0) is 14.2. The smallest absolute Gasteiger partial charge is 0.237 e. The maximum absolute atomic E-state index is 11.5. The number of carbonyl (C=O) groups is 1. The Kier molecular flexibility index (Phi) is 5.98. The molecule has 0 radical (unpaired) electrons. The van der Waals surface area contributed by atoms with Gasteiger partial charge in [-0.25, -0.2) is 0 Å². The Morgan fingerprint density at radius 2 is 2.20 bits per heavy atom. The minimum absolute atomic E-state index is 0.0219. The van der Waals surface area contributed by atoms with Crippen molar-refractivity contribution in [3.8, 4) is 0 Å². The molecule has 0 aromatic heterocycles. The summed E-state index contributed by atoms with van der Waals surface area (Å²) >= 11 is 0. The van der Waals surface area contributed by atoms with Gasteiger partial charge in [0.1, 0.15) is 0 Å². The van der Waals surface area contributed by atoms with E-state index in [2.05, 4.69) is 10.6 Å². The van der Waals surface area contributed by atoms with Crippen molar-refractivity contribution < 1.29 is 14.6 Å². The summed E-state index contributed by atoms with van der Waals surface area (Å²) in [6.45, 7) is 1.87. The summed E-state index contributed by atoms with van der Waals surface area (Å²) < 4.78 is 5.46. The van der Waals surface area contributed by atoms with Crippen LogP contribution in [0.2, 0.25) is 0 Å². The van der Waals surface area contributed by atoms with Gasteiger partial charge in [0.15, 0.2) is 0 Å². The van der Waals surface area contributed by atoms with Crippen LogP contribution in [0.15, 0.2) is 30.3 Å². The van der Waals surface area contributed by atoms with E-state index in [1.807, 2.05) is 30.3 Å². The summed E-state index contributed by atoms with van der Waals surface area (Å²) in [6, 6.07) is 9.65. The number of aliphatic hydroxyl groups excluding tert-OH is 1. The van der Waals surface area contributed by atoms with E-state index in [1.165, 1.54) is 0 Å². The number of amides is 1. The number of ether oxygens (including phenoxy) is 1. The van der Waals surface area contributed by atoms with Crippen molar-refractivity contribution in [3.63, 3.8) is 0 Å². The zero-order valence-corrected chi connectivity index (χ0v) is 11.5. The van der Waals surface area contributed by atoms with Crippen LogP contribution in [-0.2, 0) is 16.1 Å². The predicted octanol–water partition coefficient (Wildman–Crippen LogP) is 0.432. The van der Waals surface area contributed by atoms with Crippen LogP contribution in [0.5, 0.6) is 0 Å². The lowest BCUT2D eigenvalue weighted by Gasteiger charge is -2.24. The molecule has 0 bridgehead atoms. The summed E-state index contributed by atoms with van der Waals surface area (Å²) in [4.78, 5) is 11.5. The van der Waals surface area contributed by atoms with Crippen LogP contribution >= 0.6 is 0 Å². The van der Waals surface area contributed by atoms with Crippen molar-refractivity contribution in [2.45, 2.75) is 31.6 Å². The highest BCUT2D eigenvalue weighted by Crippen LogP contribution is 2.03. The standard InChI is InChI=1S/C15H22N2O3/c18-13(9-17-14-7-4-8-16-15(14)19)11-20-10-12-5-2-1-3-6-12/h1-3,5-6,13-14,17-18H,4,7-11H2,(H,16,19). The highest BCUT2D eigenvalue weighted by atomic mass is 16.5. The molecule has 5 nitrogen and oxygen atoms in total. The van der Waals surface area contributed by atoms with Crippen LogP contribution in [0.4, 0.5) is 0 Å². The normalized spacial score (nSPS) is 20.4. The van der Waals surface area contributed by atoms with E-state index in [9.17, 15) is 9.90 Å². The van der Waals surface area contributed by atoms with Crippen molar-refractivity contribution in [1.29, 1.82) is 0 Å². The Morgan fingerprint density at radius 1 is 1.40 bits per heavy atom. The van der Waals surface area contributed by atoms with Gasteiger partial charge in [0.05, 0.1) is 25.4 Å². The highest BCUT2D eigenvalue weighted by Gasteiger charge is 2.21. The molecule has 20 heavy (non-hydrogen) atoms. The van der Waals surface area contributed by atoms with Gasteiger partial charge in [-0.2, -0.15) is 0 Å². The van der Waals surface area contributed by atoms with Gasteiger partial charge in [-0.05, 0) is 18.4 Å². The van der Waals surface area contributed by atoms with Crippen molar-refractivity contribution in [2.75, 3.05) is 19.7 Å². The first-order valence-corrected chi connectivity index (χ1v) is 7.06. The number of piperidine rings is 1. The lowest BCUT2D eigenvalue weighted by atomic mass is 10.1. The fourth-order valence-electron chi connectivity index (χ4n) is 2.19. The van der Waals surface area contributed by atoms with E-state index in [0.29, 0.717) is 13.2 Å². The quantitative estimate of drug-likeness (QED) is 0.676. The number of rotatable bonds is 7. The van der Waals surface area contributed by atoms with E-state index in [-0.39, 0.29) is 18.6 Å². The van der Waals surface area contributed by atoms with Crippen molar-refractivity contribution in [2.24, 2.45) is 0 Å². The number of nitrogens with one attached hydrogen (secondary N) is 2. The number of hydrogen-bond donors (Lipinski definition) is 3. The second-order valence-corrected chi connectivity index (χ2v) is 5.05. The molecule has 1 amide bonds. The molecule has 3 N–H and O–H groups in total. The Labute approximate surface area is 119 Å². The summed E-state index contributed by atoms with van der Waals surface area (Å²) in [5.74, 6) is 0.0219. The molecule has 1 aromatic rings. The molecule has 1 aliphatic heterocycles. The second kappa shape index (κ2) is 7.99. The third kappa shape index (κ3) is 4.92. The Bertz CT molecular complexity index is 411. The van der Waals surface area contributed by atoms with Gasteiger partial charge in [0.2, 0.25) is 5.91 Å². The van der Waals surface area contributed by atoms with E-state index in [1.54, 1.807) is 0 Å². The molecule has 0 spiro atoms. The lowest BCUT2D eigenvalue weighted by molar-refractivity contribution is -0.124. The summed E-state index contributed by atoms with van der Waals surface area (Å²) in [5.41, 5.74) is 1.08. The maximum Gasteiger partial charge on any atom is 0.237 e. The molecule has 1 aromatic carbocycles. The summed E-state index contributed by atoms with van der Waals surface area (Å²) in [6.07, 6.45) is 1.20. The molecule has 2 rings (SSSR count). The Hall–Kier alpha value is -1.43. The van der Waals surface area contributed by atoms with E-state index < -0.39 is 6.10 Å². The van der Waals surface area contributed by atoms with Gasteiger partial charge in [0, 0.05) is 13.1 Å². The average molecular weight is 278 g/mol. The van der Waals surface area contributed by atoms with Crippen LogP contribution in [0.1, 0.15) is 18.4 Å². The van der Waals surface area contributed by atoms with Crippen molar-refractivity contribution in [1.82, 2.24) is 10.6 Å². The molecule has 1 saturated heterocycles. The number of carbonyl (C=O) groups excluding carboxylic acids is 1. The van der Waals surface area contributed by atoms with Gasteiger partial charge in [-0.3, -0.25) is 4.79 Å². The topological polar surface area (TPSA) is 70.6 Å². The monoisotopic (exact) mass is 278 g/mol. The van der Waals surface area contributed by atoms with Crippen LogP contribution in [0.25, 0.3) is 0 Å². The molecular weight excluding hydrogens is 256 g/mol. The predicted molar refractivity (Wildman–Crippen MR) is 76.1 cm³/mol. The largest absolute Gasteiger partial charge is 0.389 e. The fourth-order valence-corrected chi connectivity index (χ4v) is 2.19. The Balaban J connectivity index is 1.60. The second-order valence-electron chi connectivity index (χ2n) is 5.05. The van der Waals surface area contributed by atoms with Crippen LogP contribution in [-0.4, -0.2) is 42.9 Å². The molecule has 1 fully saturated rings. The fraction of sp³-hybridized carbons (Fsp3) is 0.533. The van der Waals surface area contributed by atoms with Gasteiger partial charge in [0.25, 0.3) is 0 Å². The van der Waals surface area contributed by atoms with Gasteiger partial charge < -0.3 is 20.5 Å².